The quantitative estimate of drug-likeness (QED) is 0.689. The molecule has 2 heterocycles. The largest absolute Gasteiger partial charge is 0.343 e. The summed E-state index contributed by atoms with van der Waals surface area (Å²) in [7, 11) is 0. The van der Waals surface area contributed by atoms with E-state index in [0.29, 0.717) is 29.6 Å². The Bertz CT molecular complexity index is 1040. The highest BCUT2D eigenvalue weighted by Crippen LogP contribution is 2.28. The molecule has 29 heavy (non-hydrogen) atoms. The zero-order valence-corrected chi connectivity index (χ0v) is 17.0. The zero-order valence-electron chi connectivity index (χ0n) is 16.2. The molecule has 1 aliphatic heterocycles. The van der Waals surface area contributed by atoms with Gasteiger partial charge < -0.3 is 15.2 Å². The van der Waals surface area contributed by atoms with Crippen molar-refractivity contribution in [1.29, 1.82) is 0 Å². The molecule has 7 heteroatoms. The van der Waals surface area contributed by atoms with Crippen LogP contribution in [0.2, 0.25) is 5.02 Å². The molecule has 1 saturated heterocycles. The van der Waals surface area contributed by atoms with E-state index in [1.165, 1.54) is 5.56 Å². The number of nitrogens with one attached hydrogen (secondary N) is 2. The minimum absolute atomic E-state index is 0.00393. The Morgan fingerprint density at radius 2 is 1.90 bits per heavy atom. The molecule has 1 aliphatic rings. The first-order chi connectivity index (χ1) is 14.0. The molecule has 2 N–H and O–H groups in total. The van der Waals surface area contributed by atoms with Gasteiger partial charge in [0.15, 0.2) is 0 Å². The Balaban J connectivity index is 1.30. The van der Waals surface area contributed by atoms with E-state index in [4.69, 9.17) is 16.6 Å². The van der Waals surface area contributed by atoms with E-state index < -0.39 is 0 Å². The number of likely N-dealkylation sites (tertiary alicyclic amines) is 1. The van der Waals surface area contributed by atoms with Crippen molar-refractivity contribution in [3.05, 3.63) is 64.4 Å². The summed E-state index contributed by atoms with van der Waals surface area (Å²) in [5.74, 6) is 0.970. The van der Waals surface area contributed by atoms with Crippen LogP contribution in [0.15, 0.2) is 42.5 Å². The lowest BCUT2D eigenvalue weighted by Crippen LogP contribution is -2.43. The molecular formula is C22H23ClN4O2. The topological polar surface area (TPSA) is 78.1 Å². The van der Waals surface area contributed by atoms with Crippen LogP contribution in [0.3, 0.4) is 0 Å². The minimum atomic E-state index is -0.275. The fraction of sp³-hybridized carbons (Fsp3) is 0.318. The Morgan fingerprint density at radius 3 is 2.62 bits per heavy atom. The molecule has 4 rings (SSSR count). The normalized spacial score (nSPS) is 14.9. The number of aromatic nitrogens is 2. The molecule has 150 valence electrons. The lowest BCUT2D eigenvalue weighted by molar-refractivity contribution is -0.131. The molecule has 0 bridgehead atoms. The van der Waals surface area contributed by atoms with Crippen molar-refractivity contribution in [3.8, 4) is 0 Å². The summed E-state index contributed by atoms with van der Waals surface area (Å²) < 4.78 is 0. The highest BCUT2D eigenvalue weighted by molar-refractivity contribution is 6.30. The van der Waals surface area contributed by atoms with Crippen LogP contribution in [0.25, 0.3) is 11.0 Å². The van der Waals surface area contributed by atoms with Gasteiger partial charge in [-0.05, 0) is 61.7 Å². The van der Waals surface area contributed by atoms with Crippen LogP contribution in [-0.2, 0) is 4.79 Å². The second-order valence-corrected chi connectivity index (χ2v) is 7.92. The third kappa shape index (κ3) is 4.43. The van der Waals surface area contributed by atoms with E-state index in [0.717, 1.165) is 29.7 Å². The third-order valence-corrected chi connectivity index (χ3v) is 5.65. The zero-order chi connectivity index (χ0) is 20.4. The Labute approximate surface area is 174 Å². The van der Waals surface area contributed by atoms with Crippen molar-refractivity contribution in [3.63, 3.8) is 0 Å². The number of amides is 2. The average molecular weight is 411 g/mol. The number of carbonyl (C=O) groups excluding carboxylic acids is 2. The summed E-state index contributed by atoms with van der Waals surface area (Å²) in [5, 5.41) is 3.26. The predicted octanol–water partition coefficient (Wildman–Crippen LogP) is 3.66. The van der Waals surface area contributed by atoms with Gasteiger partial charge in [0.05, 0.1) is 17.6 Å². The number of aromatic amines is 1. The van der Waals surface area contributed by atoms with Gasteiger partial charge in [-0.1, -0.05) is 17.7 Å². The molecule has 2 aromatic carbocycles. The molecular weight excluding hydrogens is 388 g/mol. The van der Waals surface area contributed by atoms with E-state index >= 15 is 0 Å². The summed E-state index contributed by atoms with van der Waals surface area (Å²) in [5.41, 5.74) is 3.73. The summed E-state index contributed by atoms with van der Waals surface area (Å²) in [6.45, 7) is 3.39. The maximum atomic E-state index is 12.5. The van der Waals surface area contributed by atoms with Gasteiger partial charge in [-0.3, -0.25) is 9.59 Å². The fourth-order valence-corrected chi connectivity index (χ4v) is 3.84. The standard InChI is InChI=1S/C22H23ClN4O2/c1-14-2-7-18-19(12-14)26-21(25-18)15-8-10-27(11-9-15)20(28)13-24-22(29)16-3-5-17(23)6-4-16/h2-7,12,15H,8-11,13H2,1H3,(H,24,29)(H,25,26). The first-order valence-corrected chi connectivity index (χ1v) is 10.2. The van der Waals surface area contributed by atoms with E-state index in [1.807, 2.05) is 11.0 Å². The number of rotatable bonds is 4. The molecule has 0 unspecified atom stereocenters. The molecule has 0 aliphatic carbocycles. The van der Waals surface area contributed by atoms with Crippen molar-refractivity contribution < 1.29 is 9.59 Å². The van der Waals surface area contributed by atoms with Crippen molar-refractivity contribution >= 4 is 34.4 Å². The van der Waals surface area contributed by atoms with Gasteiger partial charge in [-0.15, -0.1) is 0 Å². The van der Waals surface area contributed by atoms with Gasteiger partial charge in [0.2, 0.25) is 5.91 Å². The van der Waals surface area contributed by atoms with Gasteiger partial charge in [0.25, 0.3) is 5.91 Å². The number of fused-ring (bicyclic) bond motifs is 1. The molecule has 2 amide bonds. The highest BCUT2D eigenvalue weighted by Gasteiger charge is 2.26. The number of H-pyrrole nitrogens is 1. The Morgan fingerprint density at radius 1 is 1.17 bits per heavy atom. The summed E-state index contributed by atoms with van der Waals surface area (Å²) in [4.78, 5) is 34.6. The summed E-state index contributed by atoms with van der Waals surface area (Å²) >= 11 is 5.83. The minimum Gasteiger partial charge on any atom is -0.343 e. The number of halogens is 1. The van der Waals surface area contributed by atoms with E-state index in [-0.39, 0.29) is 18.4 Å². The van der Waals surface area contributed by atoms with Gasteiger partial charge in [-0.25, -0.2) is 4.98 Å². The SMILES string of the molecule is Cc1ccc2nc(C3CCN(C(=O)CNC(=O)c4ccc(Cl)cc4)CC3)[nH]c2c1. The number of hydrogen-bond donors (Lipinski definition) is 2. The lowest BCUT2D eigenvalue weighted by atomic mass is 9.96. The number of benzene rings is 2. The number of carbonyl (C=O) groups is 2. The second-order valence-electron chi connectivity index (χ2n) is 7.49. The maximum absolute atomic E-state index is 12.5. The number of piperidine rings is 1. The Hall–Kier alpha value is -2.86. The van der Waals surface area contributed by atoms with Crippen molar-refractivity contribution in [1.82, 2.24) is 20.2 Å². The molecule has 0 saturated carbocycles. The van der Waals surface area contributed by atoms with E-state index in [1.54, 1.807) is 24.3 Å². The maximum Gasteiger partial charge on any atom is 0.251 e. The van der Waals surface area contributed by atoms with Crippen LogP contribution in [0.1, 0.15) is 40.5 Å². The molecule has 6 nitrogen and oxygen atoms in total. The number of imidazole rings is 1. The highest BCUT2D eigenvalue weighted by atomic mass is 35.5. The predicted molar refractivity (Wildman–Crippen MR) is 113 cm³/mol. The molecule has 1 fully saturated rings. The van der Waals surface area contributed by atoms with Crippen molar-refractivity contribution in [2.75, 3.05) is 19.6 Å². The first kappa shape index (κ1) is 19.5. The van der Waals surface area contributed by atoms with E-state index in [2.05, 4.69) is 29.4 Å². The molecule has 0 spiro atoms. The summed E-state index contributed by atoms with van der Waals surface area (Å²) in [6, 6.07) is 12.8. The van der Waals surface area contributed by atoms with E-state index in [9.17, 15) is 9.59 Å². The van der Waals surface area contributed by atoms with Crippen LogP contribution in [0, 0.1) is 6.92 Å². The molecule has 3 aromatic rings. The first-order valence-electron chi connectivity index (χ1n) is 9.77. The lowest BCUT2D eigenvalue weighted by Gasteiger charge is -2.31. The molecule has 0 radical (unpaired) electrons. The van der Waals surface area contributed by atoms with Crippen LogP contribution < -0.4 is 5.32 Å². The molecule has 1 aromatic heterocycles. The van der Waals surface area contributed by atoms with Gasteiger partial charge in [0, 0.05) is 29.6 Å². The molecule has 0 atom stereocenters. The van der Waals surface area contributed by atoms with Crippen molar-refractivity contribution in [2.24, 2.45) is 0 Å². The summed E-state index contributed by atoms with van der Waals surface area (Å²) in [6.07, 6.45) is 1.71. The van der Waals surface area contributed by atoms with Crippen LogP contribution in [-0.4, -0.2) is 46.3 Å². The van der Waals surface area contributed by atoms with Crippen LogP contribution in [0.4, 0.5) is 0 Å². The van der Waals surface area contributed by atoms with Gasteiger partial charge >= 0.3 is 0 Å². The number of aryl methyl sites for hydroxylation is 1. The number of nitrogens with zero attached hydrogens (tertiary/aromatic N) is 2. The monoisotopic (exact) mass is 410 g/mol. The Kier molecular flexibility index (Phi) is 5.53. The van der Waals surface area contributed by atoms with Gasteiger partial charge in [-0.2, -0.15) is 0 Å². The smallest absolute Gasteiger partial charge is 0.251 e. The second kappa shape index (κ2) is 8.25. The van der Waals surface area contributed by atoms with Crippen LogP contribution in [0.5, 0.6) is 0 Å². The average Bonchev–Trinajstić information content (AvgIpc) is 3.15. The third-order valence-electron chi connectivity index (χ3n) is 5.40. The number of hydrogen-bond acceptors (Lipinski definition) is 3. The van der Waals surface area contributed by atoms with Gasteiger partial charge in [0.1, 0.15) is 5.82 Å². The van der Waals surface area contributed by atoms with Crippen LogP contribution >= 0.6 is 11.6 Å². The fourth-order valence-electron chi connectivity index (χ4n) is 3.71. The van der Waals surface area contributed by atoms with Crippen molar-refractivity contribution in [2.45, 2.75) is 25.7 Å².